The summed E-state index contributed by atoms with van der Waals surface area (Å²) in [5.74, 6) is 0.474. The molecule has 0 aliphatic heterocycles. The van der Waals surface area contributed by atoms with Gasteiger partial charge in [0.2, 0.25) is 0 Å². The summed E-state index contributed by atoms with van der Waals surface area (Å²) in [7, 11) is 0. The van der Waals surface area contributed by atoms with Gasteiger partial charge >= 0.3 is 0 Å². The highest BCUT2D eigenvalue weighted by Gasteiger charge is 2.07. The molecule has 3 aromatic heterocycles. The summed E-state index contributed by atoms with van der Waals surface area (Å²) in [6, 6.07) is 1.94. The van der Waals surface area contributed by atoms with Gasteiger partial charge in [0.1, 0.15) is 16.7 Å². The monoisotopic (exact) mass is 173 g/mol. The van der Waals surface area contributed by atoms with E-state index in [1.54, 1.807) is 6.33 Å². The number of imidazole rings is 1. The minimum Gasteiger partial charge on any atom is -0.382 e. The molecule has 0 amide bonds. The molecule has 0 aromatic carbocycles. The summed E-state index contributed by atoms with van der Waals surface area (Å²) in [4.78, 5) is 14.3. The molecule has 0 bridgehead atoms. The molecular formula is C8H7N5. The topological polar surface area (TPSA) is 83.4 Å². The SMILES string of the molecule is Nc1nc2[nH]ccc2c2nc[nH]c12. The highest BCUT2D eigenvalue weighted by Crippen LogP contribution is 2.23. The number of aromatic amines is 2. The van der Waals surface area contributed by atoms with Crippen molar-refractivity contribution in [1.29, 1.82) is 0 Å². The first kappa shape index (κ1) is 6.47. The Hall–Kier alpha value is -2.04. The first-order valence-electron chi connectivity index (χ1n) is 3.92. The number of rotatable bonds is 0. The number of nitrogens with one attached hydrogen (secondary N) is 2. The fraction of sp³-hybridized carbons (Fsp3) is 0. The van der Waals surface area contributed by atoms with Crippen molar-refractivity contribution in [1.82, 2.24) is 19.9 Å². The summed E-state index contributed by atoms with van der Waals surface area (Å²) in [6.45, 7) is 0. The third kappa shape index (κ3) is 0.703. The van der Waals surface area contributed by atoms with Crippen molar-refractivity contribution in [3.8, 4) is 0 Å². The minimum atomic E-state index is 0.474. The van der Waals surface area contributed by atoms with Crippen LogP contribution < -0.4 is 5.73 Å². The molecule has 0 aliphatic carbocycles. The van der Waals surface area contributed by atoms with E-state index in [1.165, 1.54) is 0 Å². The highest BCUT2D eigenvalue weighted by atomic mass is 15.0. The van der Waals surface area contributed by atoms with Gasteiger partial charge in [-0.3, -0.25) is 0 Å². The van der Waals surface area contributed by atoms with Crippen LogP contribution in [0.1, 0.15) is 0 Å². The number of H-pyrrole nitrogens is 2. The van der Waals surface area contributed by atoms with Crippen molar-refractivity contribution in [2.24, 2.45) is 0 Å². The molecule has 0 saturated carbocycles. The number of fused-ring (bicyclic) bond motifs is 3. The Morgan fingerprint density at radius 3 is 3.15 bits per heavy atom. The Morgan fingerprint density at radius 2 is 2.23 bits per heavy atom. The van der Waals surface area contributed by atoms with Gasteiger partial charge in [0, 0.05) is 11.6 Å². The van der Waals surface area contributed by atoms with Crippen LogP contribution in [0, 0.1) is 0 Å². The van der Waals surface area contributed by atoms with Gasteiger partial charge in [-0.05, 0) is 6.07 Å². The second kappa shape index (κ2) is 2.01. The van der Waals surface area contributed by atoms with Gasteiger partial charge in [-0.1, -0.05) is 0 Å². The van der Waals surface area contributed by atoms with Gasteiger partial charge in [-0.15, -0.1) is 0 Å². The summed E-state index contributed by atoms with van der Waals surface area (Å²) in [5.41, 5.74) is 8.16. The lowest BCUT2D eigenvalue weighted by Crippen LogP contribution is -1.92. The standard InChI is InChI=1S/C8H7N5/c9-7-6-5(11-3-12-6)4-1-2-10-8(4)13-7/h1-3H,(H,11,12)(H3,9,10,13). The average Bonchev–Trinajstić information content (AvgIpc) is 2.66. The van der Waals surface area contributed by atoms with Crippen LogP contribution in [0.2, 0.25) is 0 Å². The summed E-state index contributed by atoms with van der Waals surface area (Å²) in [5, 5.41) is 0.991. The van der Waals surface area contributed by atoms with Crippen molar-refractivity contribution < 1.29 is 0 Å². The van der Waals surface area contributed by atoms with Crippen LogP contribution in [-0.2, 0) is 0 Å². The van der Waals surface area contributed by atoms with Gasteiger partial charge < -0.3 is 15.7 Å². The number of hydrogen-bond acceptors (Lipinski definition) is 3. The third-order valence-corrected chi connectivity index (χ3v) is 2.11. The van der Waals surface area contributed by atoms with E-state index in [4.69, 9.17) is 5.73 Å². The number of nitrogens with two attached hydrogens (primary N) is 1. The van der Waals surface area contributed by atoms with E-state index in [2.05, 4.69) is 19.9 Å². The predicted molar refractivity (Wildman–Crippen MR) is 50.2 cm³/mol. The molecule has 3 aromatic rings. The molecule has 3 rings (SSSR count). The first-order valence-corrected chi connectivity index (χ1v) is 3.92. The summed E-state index contributed by atoms with van der Waals surface area (Å²) >= 11 is 0. The van der Waals surface area contributed by atoms with Gasteiger partial charge in [-0.2, -0.15) is 0 Å². The van der Waals surface area contributed by atoms with E-state index in [0.717, 1.165) is 22.1 Å². The van der Waals surface area contributed by atoms with Gasteiger partial charge in [-0.25, -0.2) is 9.97 Å². The van der Waals surface area contributed by atoms with Crippen LogP contribution in [0.5, 0.6) is 0 Å². The van der Waals surface area contributed by atoms with E-state index < -0.39 is 0 Å². The van der Waals surface area contributed by atoms with E-state index in [1.807, 2.05) is 12.3 Å². The number of aromatic nitrogens is 4. The quantitative estimate of drug-likeness (QED) is 0.474. The maximum atomic E-state index is 5.72. The molecule has 5 nitrogen and oxygen atoms in total. The number of nitrogen functional groups attached to an aromatic ring is 1. The molecule has 0 unspecified atom stereocenters. The van der Waals surface area contributed by atoms with Crippen LogP contribution in [0.25, 0.3) is 22.1 Å². The van der Waals surface area contributed by atoms with Crippen LogP contribution in [0.4, 0.5) is 5.82 Å². The highest BCUT2D eigenvalue weighted by molar-refractivity contribution is 6.04. The lowest BCUT2D eigenvalue weighted by Gasteiger charge is -1.95. The fourth-order valence-electron chi connectivity index (χ4n) is 1.51. The Morgan fingerprint density at radius 1 is 1.31 bits per heavy atom. The molecule has 0 aliphatic rings. The van der Waals surface area contributed by atoms with Gasteiger partial charge in [0.15, 0.2) is 5.82 Å². The zero-order chi connectivity index (χ0) is 8.84. The number of anilines is 1. The molecular weight excluding hydrogens is 166 g/mol. The molecule has 0 fully saturated rings. The zero-order valence-electron chi connectivity index (χ0n) is 6.70. The number of nitrogens with zero attached hydrogens (tertiary/aromatic N) is 2. The van der Waals surface area contributed by atoms with E-state index in [-0.39, 0.29) is 0 Å². The van der Waals surface area contributed by atoms with Crippen LogP contribution in [0.15, 0.2) is 18.6 Å². The first-order chi connectivity index (χ1) is 6.36. The molecule has 5 heteroatoms. The molecule has 0 spiro atoms. The fourth-order valence-corrected chi connectivity index (χ4v) is 1.51. The van der Waals surface area contributed by atoms with Gasteiger partial charge in [0.25, 0.3) is 0 Å². The van der Waals surface area contributed by atoms with Gasteiger partial charge in [0.05, 0.1) is 6.33 Å². The number of pyridine rings is 1. The normalized spacial score (nSPS) is 11.4. The Kier molecular flexibility index (Phi) is 0.999. The maximum absolute atomic E-state index is 5.72. The average molecular weight is 173 g/mol. The number of hydrogen-bond donors (Lipinski definition) is 3. The Labute approximate surface area is 73.0 Å². The lowest BCUT2D eigenvalue weighted by atomic mass is 10.3. The molecule has 0 saturated heterocycles. The van der Waals surface area contributed by atoms with Crippen molar-refractivity contribution >= 4 is 27.9 Å². The van der Waals surface area contributed by atoms with Crippen LogP contribution in [-0.4, -0.2) is 19.9 Å². The Bertz CT molecular complexity index is 576. The zero-order valence-corrected chi connectivity index (χ0v) is 6.70. The summed E-state index contributed by atoms with van der Waals surface area (Å²) < 4.78 is 0. The molecule has 0 atom stereocenters. The van der Waals surface area contributed by atoms with Crippen molar-refractivity contribution in [3.63, 3.8) is 0 Å². The smallest absolute Gasteiger partial charge is 0.151 e. The summed E-state index contributed by atoms with van der Waals surface area (Å²) in [6.07, 6.45) is 3.44. The van der Waals surface area contributed by atoms with E-state index in [9.17, 15) is 0 Å². The molecule has 4 N–H and O–H groups in total. The molecule has 64 valence electrons. The lowest BCUT2D eigenvalue weighted by molar-refractivity contribution is 1.32. The molecule has 0 radical (unpaired) electrons. The predicted octanol–water partition coefficient (Wildman–Crippen LogP) is 1.02. The molecule has 3 heterocycles. The van der Waals surface area contributed by atoms with Crippen LogP contribution in [0.3, 0.4) is 0 Å². The maximum Gasteiger partial charge on any atom is 0.151 e. The third-order valence-electron chi connectivity index (χ3n) is 2.11. The second-order valence-electron chi connectivity index (χ2n) is 2.86. The van der Waals surface area contributed by atoms with Crippen molar-refractivity contribution in [2.75, 3.05) is 5.73 Å². The van der Waals surface area contributed by atoms with Crippen molar-refractivity contribution in [3.05, 3.63) is 18.6 Å². The largest absolute Gasteiger partial charge is 0.382 e. The van der Waals surface area contributed by atoms with E-state index in [0.29, 0.717) is 5.82 Å². The van der Waals surface area contributed by atoms with E-state index >= 15 is 0 Å². The minimum absolute atomic E-state index is 0.474. The molecule has 13 heavy (non-hydrogen) atoms. The van der Waals surface area contributed by atoms with Crippen LogP contribution >= 0.6 is 0 Å². The van der Waals surface area contributed by atoms with Crippen molar-refractivity contribution in [2.45, 2.75) is 0 Å². The Balaban J connectivity index is 2.70. The second-order valence-corrected chi connectivity index (χ2v) is 2.86.